The lowest BCUT2D eigenvalue weighted by molar-refractivity contribution is 0.147. The molecule has 6 atom stereocenters. The Morgan fingerprint density at radius 2 is 1.18 bits per heavy atom. The topological polar surface area (TPSA) is 0 Å². The van der Waals surface area contributed by atoms with Gasteiger partial charge in [-0.2, -0.15) is 0 Å². The highest BCUT2D eigenvalue weighted by atomic mass is 14.3. The van der Waals surface area contributed by atoms with E-state index in [9.17, 15) is 0 Å². The van der Waals surface area contributed by atoms with Gasteiger partial charge in [-0.15, -0.1) is 0 Å². The van der Waals surface area contributed by atoms with Gasteiger partial charge in [-0.05, 0) is 60.7 Å². The first-order chi connectivity index (χ1) is 15.9. The second kappa shape index (κ2) is 26.6. The SMILES string of the molecule is CC.CC.CC.CCC.CCC1CCC(CCCC(C)CC(C)CC(C)C(C)C2CCC2)C1. The third-order valence-electron chi connectivity index (χ3n) is 7.91. The Balaban J connectivity index is -0.000000882. The molecule has 0 saturated heterocycles. The lowest BCUT2D eigenvalue weighted by Gasteiger charge is -2.36. The molecule has 33 heavy (non-hydrogen) atoms. The molecule has 0 bridgehead atoms. The molecule has 6 unspecified atom stereocenters. The van der Waals surface area contributed by atoms with Crippen LogP contribution in [0.3, 0.4) is 0 Å². The first-order valence-electron chi connectivity index (χ1n) is 15.9. The molecule has 0 aromatic carbocycles. The van der Waals surface area contributed by atoms with Crippen LogP contribution in [0.15, 0.2) is 0 Å². The molecule has 0 heteroatoms. The molecule has 204 valence electrons. The fourth-order valence-corrected chi connectivity index (χ4v) is 5.75. The van der Waals surface area contributed by atoms with Gasteiger partial charge in [-0.25, -0.2) is 0 Å². The molecule has 2 aliphatic carbocycles. The van der Waals surface area contributed by atoms with E-state index in [1.165, 1.54) is 83.5 Å². The summed E-state index contributed by atoms with van der Waals surface area (Å²) in [5.74, 6) is 6.95. The summed E-state index contributed by atoms with van der Waals surface area (Å²) in [6, 6.07) is 0. The van der Waals surface area contributed by atoms with Crippen molar-refractivity contribution >= 4 is 0 Å². The second-order valence-corrected chi connectivity index (χ2v) is 10.8. The summed E-state index contributed by atoms with van der Waals surface area (Å²) in [7, 11) is 0. The van der Waals surface area contributed by atoms with Crippen molar-refractivity contribution in [1.29, 1.82) is 0 Å². The number of rotatable bonds is 11. The molecule has 0 nitrogen and oxygen atoms in total. The average molecular weight is 469 g/mol. The molecule has 0 N–H and O–H groups in total. The Labute approximate surface area is 214 Å². The molecule has 0 aromatic heterocycles. The molecule has 2 rings (SSSR count). The quantitative estimate of drug-likeness (QED) is 0.283. The van der Waals surface area contributed by atoms with E-state index < -0.39 is 0 Å². The highest BCUT2D eigenvalue weighted by Crippen LogP contribution is 2.39. The van der Waals surface area contributed by atoms with Crippen LogP contribution in [-0.4, -0.2) is 0 Å². The summed E-state index contributed by atoms with van der Waals surface area (Å²) in [6.45, 7) is 28.7. The summed E-state index contributed by atoms with van der Waals surface area (Å²) in [5, 5.41) is 0. The minimum Gasteiger partial charge on any atom is -0.0683 e. The van der Waals surface area contributed by atoms with Gasteiger partial charge in [0.1, 0.15) is 0 Å². The van der Waals surface area contributed by atoms with Crippen LogP contribution in [0.4, 0.5) is 0 Å². The molecule has 0 amide bonds. The standard InChI is InChI=1S/C24H46.C3H8.3C2H6/c1-6-22-13-14-23(17-22)10-7-9-18(2)15-19(3)16-20(4)21(5)24-11-8-12-24;1-3-2;3*1-2/h18-24H,6-17H2,1-5H3;3H2,1-2H3;3*1-2H3. The van der Waals surface area contributed by atoms with Crippen LogP contribution >= 0.6 is 0 Å². The molecule has 0 aromatic rings. The van der Waals surface area contributed by atoms with Crippen LogP contribution in [0.1, 0.15) is 173 Å². The fourth-order valence-electron chi connectivity index (χ4n) is 5.75. The Hall–Kier alpha value is 0. The third kappa shape index (κ3) is 18.9. The maximum atomic E-state index is 2.52. The summed E-state index contributed by atoms with van der Waals surface area (Å²) < 4.78 is 0. The van der Waals surface area contributed by atoms with Crippen molar-refractivity contribution in [1.82, 2.24) is 0 Å². The summed E-state index contributed by atoms with van der Waals surface area (Å²) in [5.41, 5.74) is 0. The molecule has 0 heterocycles. The predicted molar refractivity (Wildman–Crippen MR) is 158 cm³/mol. The Morgan fingerprint density at radius 1 is 0.667 bits per heavy atom. The molecule has 0 spiro atoms. The Morgan fingerprint density at radius 3 is 1.61 bits per heavy atom. The van der Waals surface area contributed by atoms with Crippen molar-refractivity contribution < 1.29 is 0 Å². The van der Waals surface area contributed by atoms with Crippen molar-refractivity contribution in [3.8, 4) is 0 Å². The smallest absolute Gasteiger partial charge is 0.0386 e. The van der Waals surface area contributed by atoms with Gasteiger partial charge in [0.25, 0.3) is 0 Å². The average Bonchev–Trinajstić information content (AvgIpc) is 3.25. The Bertz CT molecular complexity index is 342. The zero-order chi connectivity index (χ0) is 26.2. The fraction of sp³-hybridized carbons (Fsp3) is 1.00. The first-order valence-corrected chi connectivity index (χ1v) is 15.9. The van der Waals surface area contributed by atoms with E-state index in [0.717, 1.165) is 41.4 Å². The van der Waals surface area contributed by atoms with Gasteiger partial charge in [0.15, 0.2) is 0 Å². The molecular weight excluding hydrogens is 396 g/mol. The summed E-state index contributed by atoms with van der Waals surface area (Å²) in [6.07, 6.45) is 19.2. The zero-order valence-electron chi connectivity index (χ0n) is 26.2. The zero-order valence-corrected chi connectivity index (χ0v) is 26.2. The third-order valence-corrected chi connectivity index (χ3v) is 7.91. The van der Waals surface area contributed by atoms with Gasteiger partial charge < -0.3 is 0 Å². The van der Waals surface area contributed by atoms with E-state index in [4.69, 9.17) is 0 Å². The van der Waals surface area contributed by atoms with E-state index in [0.29, 0.717) is 0 Å². The largest absolute Gasteiger partial charge is 0.0683 e. The van der Waals surface area contributed by atoms with Crippen LogP contribution < -0.4 is 0 Å². The van der Waals surface area contributed by atoms with Gasteiger partial charge in [0.05, 0.1) is 0 Å². The van der Waals surface area contributed by atoms with E-state index in [-0.39, 0.29) is 0 Å². The number of hydrogen-bond donors (Lipinski definition) is 0. The normalized spacial score (nSPS) is 22.8. The van der Waals surface area contributed by atoms with Crippen molar-refractivity contribution in [3.63, 3.8) is 0 Å². The van der Waals surface area contributed by atoms with Gasteiger partial charge in [-0.1, -0.05) is 154 Å². The first kappa shape index (κ1) is 37.5. The Kier molecular flexibility index (Phi) is 30.3. The van der Waals surface area contributed by atoms with Gasteiger partial charge in [0, 0.05) is 0 Å². The molecule has 2 saturated carbocycles. The highest BCUT2D eigenvalue weighted by Gasteiger charge is 2.28. The van der Waals surface area contributed by atoms with Crippen molar-refractivity contribution in [2.75, 3.05) is 0 Å². The van der Waals surface area contributed by atoms with Crippen LogP contribution in [0.2, 0.25) is 0 Å². The van der Waals surface area contributed by atoms with E-state index in [1.807, 2.05) is 41.5 Å². The van der Waals surface area contributed by atoms with Crippen LogP contribution in [0, 0.1) is 41.4 Å². The second-order valence-electron chi connectivity index (χ2n) is 10.8. The molecule has 2 fully saturated rings. The lowest BCUT2D eigenvalue weighted by Crippen LogP contribution is -2.26. The van der Waals surface area contributed by atoms with E-state index in [2.05, 4.69) is 48.5 Å². The maximum absolute atomic E-state index is 2.52. The van der Waals surface area contributed by atoms with E-state index >= 15 is 0 Å². The van der Waals surface area contributed by atoms with Crippen LogP contribution in [0.5, 0.6) is 0 Å². The summed E-state index contributed by atoms with van der Waals surface area (Å²) in [4.78, 5) is 0. The lowest BCUT2D eigenvalue weighted by atomic mass is 9.70. The molecule has 0 aliphatic heterocycles. The van der Waals surface area contributed by atoms with Crippen molar-refractivity contribution in [2.45, 2.75) is 173 Å². The molecular formula is C33H72. The van der Waals surface area contributed by atoms with Gasteiger partial charge >= 0.3 is 0 Å². The summed E-state index contributed by atoms with van der Waals surface area (Å²) >= 11 is 0. The number of hydrogen-bond acceptors (Lipinski definition) is 0. The minimum absolute atomic E-state index is 0.925. The molecule has 2 aliphatic rings. The monoisotopic (exact) mass is 469 g/mol. The van der Waals surface area contributed by atoms with Crippen molar-refractivity contribution in [3.05, 3.63) is 0 Å². The minimum atomic E-state index is 0.925. The highest BCUT2D eigenvalue weighted by molar-refractivity contribution is 4.79. The van der Waals surface area contributed by atoms with E-state index in [1.54, 1.807) is 0 Å². The molecule has 0 radical (unpaired) electrons. The van der Waals surface area contributed by atoms with Crippen LogP contribution in [0.25, 0.3) is 0 Å². The van der Waals surface area contributed by atoms with Gasteiger partial charge in [-0.3, -0.25) is 0 Å². The van der Waals surface area contributed by atoms with Crippen LogP contribution in [-0.2, 0) is 0 Å². The predicted octanol–water partition coefficient (Wildman–Crippen LogP) is 12.6. The van der Waals surface area contributed by atoms with Crippen molar-refractivity contribution in [2.24, 2.45) is 41.4 Å². The maximum Gasteiger partial charge on any atom is -0.0386 e. The van der Waals surface area contributed by atoms with Gasteiger partial charge in [0.2, 0.25) is 0 Å².